The Morgan fingerprint density at radius 1 is 0.800 bits per heavy atom. The van der Waals surface area contributed by atoms with Crippen LogP contribution in [0.15, 0.2) is 0 Å². The van der Waals surface area contributed by atoms with Gasteiger partial charge >= 0.3 is 5.97 Å². The van der Waals surface area contributed by atoms with Crippen LogP contribution in [-0.4, -0.2) is 41.8 Å². The average Bonchev–Trinajstić information content (AvgIpc) is 2.73. The number of nitrogens with zero attached hydrogens (tertiary/aromatic N) is 1. The second-order valence-corrected chi connectivity index (χ2v) is 8.51. The highest BCUT2D eigenvalue weighted by Crippen LogP contribution is 2.14. The molecule has 0 aliphatic heterocycles. The van der Waals surface area contributed by atoms with E-state index < -0.39 is 17.9 Å². The van der Waals surface area contributed by atoms with Crippen LogP contribution in [0.4, 0.5) is 0 Å². The summed E-state index contributed by atoms with van der Waals surface area (Å²) >= 11 is 0. The van der Waals surface area contributed by atoms with E-state index in [0.29, 0.717) is 6.54 Å². The molecule has 0 fully saturated rings. The fourth-order valence-electron chi connectivity index (χ4n) is 3.78. The Labute approximate surface area is 184 Å². The Morgan fingerprint density at radius 3 is 1.57 bits per heavy atom. The van der Waals surface area contributed by atoms with Gasteiger partial charge in [0.15, 0.2) is 0 Å². The maximum Gasteiger partial charge on any atom is 0.325 e. The molecule has 0 spiro atoms. The van der Waals surface area contributed by atoms with Crippen molar-refractivity contribution >= 4 is 11.9 Å². The third kappa shape index (κ3) is 17.7. The predicted octanol–water partition coefficient (Wildman–Crippen LogP) is 5.75. The molecule has 0 aromatic heterocycles. The molecular weight excluding hydrogens is 380 g/mol. The number of nitrogens with two attached hydrogens (primary N) is 1. The summed E-state index contributed by atoms with van der Waals surface area (Å²) in [6.45, 7) is 2.66. The first-order chi connectivity index (χ1) is 14.5. The van der Waals surface area contributed by atoms with Crippen molar-refractivity contribution in [3.63, 3.8) is 0 Å². The third-order valence-corrected chi connectivity index (χ3v) is 5.74. The summed E-state index contributed by atoms with van der Waals surface area (Å²) in [5, 5.41) is 11.1. The number of carbonyl (C=O) groups excluding carboxylic acids is 2. The molecule has 0 saturated heterocycles. The molecule has 0 aromatic carbocycles. The number of hydrogen-bond acceptors (Lipinski definition) is 5. The molecule has 0 unspecified atom stereocenters. The van der Waals surface area contributed by atoms with Gasteiger partial charge in [-0.15, -0.1) is 0 Å². The second kappa shape index (κ2) is 21.1. The molecule has 0 aromatic rings. The highest BCUT2D eigenvalue weighted by atomic mass is 16.5. The maximum absolute atomic E-state index is 11.8. The van der Waals surface area contributed by atoms with Crippen molar-refractivity contribution in [1.82, 2.24) is 5.06 Å². The van der Waals surface area contributed by atoms with Crippen molar-refractivity contribution in [3.8, 4) is 0 Å². The number of amides is 1. The summed E-state index contributed by atoms with van der Waals surface area (Å²) in [7, 11) is 1.28. The van der Waals surface area contributed by atoms with Crippen LogP contribution in [0.25, 0.3) is 0 Å². The van der Waals surface area contributed by atoms with E-state index in [0.717, 1.165) is 24.3 Å². The molecular formula is C24H48N2O4. The highest BCUT2D eigenvalue weighted by Gasteiger charge is 2.25. The Kier molecular flexibility index (Phi) is 20.3. The molecule has 0 aliphatic carbocycles. The molecule has 6 heteroatoms. The normalized spacial score (nSPS) is 12.3. The van der Waals surface area contributed by atoms with E-state index in [1.54, 1.807) is 0 Å². The van der Waals surface area contributed by atoms with E-state index in [1.807, 2.05) is 0 Å². The fraction of sp³-hybridized carbons (Fsp3) is 0.917. The largest absolute Gasteiger partial charge is 0.468 e. The number of carbonyl (C=O) groups is 2. The topological polar surface area (TPSA) is 92.9 Å². The number of unbranched alkanes of at least 4 members (excludes halogenated alkanes) is 15. The van der Waals surface area contributed by atoms with Crippen LogP contribution < -0.4 is 5.73 Å². The van der Waals surface area contributed by atoms with Crippen LogP contribution >= 0.6 is 0 Å². The summed E-state index contributed by atoms with van der Waals surface area (Å²) < 4.78 is 4.71. The molecule has 0 radical (unpaired) electrons. The second-order valence-electron chi connectivity index (χ2n) is 8.51. The zero-order valence-corrected chi connectivity index (χ0v) is 19.7. The summed E-state index contributed by atoms with van der Waals surface area (Å²) in [4.78, 5) is 22.7. The van der Waals surface area contributed by atoms with Gasteiger partial charge in [0.25, 0.3) is 0 Å². The fourth-order valence-corrected chi connectivity index (χ4v) is 3.78. The number of methoxy groups -OCH3 is 1. The Morgan fingerprint density at radius 2 is 1.20 bits per heavy atom. The Hall–Kier alpha value is -1.14. The molecule has 0 heterocycles. The van der Waals surface area contributed by atoms with Crippen molar-refractivity contribution in [2.45, 2.75) is 129 Å². The van der Waals surface area contributed by atoms with E-state index in [4.69, 9.17) is 10.5 Å². The average molecular weight is 429 g/mol. The van der Waals surface area contributed by atoms with Gasteiger partial charge in [0.05, 0.1) is 7.11 Å². The zero-order valence-electron chi connectivity index (χ0n) is 19.7. The van der Waals surface area contributed by atoms with Gasteiger partial charge in [-0.3, -0.25) is 9.59 Å². The van der Waals surface area contributed by atoms with Gasteiger partial charge in [0, 0.05) is 13.0 Å². The first kappa shape index (κ1) is 28.9. The predicted molar refractivity (Wildman–Crippen MR) is 122 cm³/mol. The lowest BCUT2D eigenvalue weighted by Crippen LogP contribution is -2.41. The molecule has 0 bridgehead atoms. The van der Waals surface area contributed by atoms with Crippen LogP contribution in [0.3, 0.4) is 0 Å². The molecule has 3 N–H and O–H groups in total. The summed E-state index contributed by atoms with van der Waals surface area (Å²) in [5.74, 6) is -1.02. The molecule has 0 rings (SSSR count). The standard InChI is InChI=1S/C24H48N2O4/c1-3-4-5-6-7-8-9-10-11-12-13-14-15-16-17-18-21-26(29)22(24(28)30-2)19-20-23(25)27/h22,29H,3-21H2,1-2H3,(H2,25,27)/t22-/m0/s1. The van der Waals surface area contributed by atoms with Crippen LogP contribution in [0.1, 0.15) is 122 Å². The SMILES string of the molecule is CCCCCCCCCCCCCCCCCCN(O)[C@@H](CCC(N)=O)C(=O)OC. The molecule has 1 amide bonds. The van der Waals surface area contributed by atoms with Crippen molar-refractivity contribution < 1.29 is 19.5 Å². The number of hydroxylamine groups is 2. The molecule has 0 aliphatic rings. The van der Waals surface area contributed by atoms with Crippen molar-refractivity contribution in [2.24, 2.45) is 5.73 Å². The van der Waals surface area contributed by atoms with Gasteiger partial charge in [-0.1, -0.05) is 103 Å². The lowest BCUT2D eigenvalue weighted by atomic mass is 10.0. The first-order valence-electron chi connectivity index (χ1n) is 12.3. The van der Waals surface area contributed by atoms with Gasteiger partial charge in [0.1, 0.15) is 6.04 Å². The van der Waals surface area contributed by atoms with Crippen LogP contribution in [-0.2, 0) is 14.3 Å². The quantitative estimate of drug-likeness (QED) is 0.130. The first-order valence-corrected chi connectivity index (χ1v) is 12.3. The van der Waals surface area contributed by atoms with E-state index >= 15 is 0 Å². The van der Waals surface area contributed by atoms with Crippen LogP contribution in [0.5, 0.6) is 0 Å². The van der Waals surface area contributed by atoms with Crippen molar-refractivity contribution in [1.29, 1.82) is 0 Å². The number of hydrogen-bond donors (Lipinski definition) is 2. The van der Waals surface area contributed by atoms with Crippen molar-refractivity contribution in [3.05, 3.63) is 0 Å². The molecule has 6 nitrogen and oxygen atoms in total. The zero-order chi connectivity index (χ0) is 22.5. The Balaban J connectivity index is 3.52. The minimum absolute atomic E-state index is 0.0514. The summed E-state index contributed by atoms with van der Waals surface area (Å²) in [5.41, 5.74) is 5.13. The lowest BCUT2D eigenvalue weighted by Gasteiger charge is -2.23. The smallest absolute Gasteiger partial charge is 0.325 e. The highest BCUT2D eigenvalue weighted by molar-refractivity contribution is 5.78. The van der Waals surface area contributed by atoms with Gasteiger partial charge in [0.2, 0.25) is 5.91 Å². The monoisotopic (exact) mass is 428 g/mol. The molecule has 1 atom stereocenters. The number of primary amides is 1. The van der Waals surface area contributed by atoms with Crippen LogP contribution in [0.2, 0.25) is 0 Å². The minimum atomic E-state index is -0.821. The minimum Gasteiger partial charge on any atom is -0.468 e. The summed E-state index contributed by atoms with van der Waals surface area (Å²) in [6, 6.07) is -0.821. The van der Waals surface area contributed by atoms with Gasteiger partial charge in [-0.25, -0.2) is 0 Å². The third-order valence-electron chi connectivity index (χ3n) is 5.74. The van der Waals surface area contributed by atoms with Gasteiger partial charge in [-0.2, -0.15) is 5.06 Å². The summed E-state index contributed by atoms with van der Waals surface area (Å²) in [6.07, 6.45) is 20.9. The van der Waals surface area contributed by atoms with Gasteiger partial charge < -0.3 is 15.7 Å². The lowest BCUT2D eigenvalue weighted by molar-refractivity contribution is -0.174. The molecule has 178 valence electrons. The number of ether oxygens (including phenoxy) is 1. The van der Waals surface area contributed by atoms with E-state index in [9.17, 15) is 14.8 Å². The van der Waals surface area contributed by atoms with Crippen molar-refractivity contribution in [2.75, 3.05) is 13.7 Å². The molecule has 30 heavy (non-hydrogen) atoms. The Bertz CT molecular complexity index is 418. The van der Waals surface area contributed by atoms with E-state index in [1.165, 1.54) is 90.6 Å². The maximum atomic E-state index is 11.8. The van der Waals surface area contributed by atoms with E-state index in [2.05, 4.69) is 6.92 Å². The van der Waals surface area contributed by atoms with Gasteiger partial charge in [-0.05, 0) is 12.8 Å². The number of esters is 1. The molecule has 0 saturated carbocycles. The van der Waals surface area contributed by atoms with Crippen LogP contribution in [0, 0.1) is 0 Å². The van der Waals surface area contributed by atoms with E-state index in [-0.39, 0.29) is 12.8 Å². The number of rotatable bonds is 22.